The molecule has 9 heteroatoms. The summed E-state index contributed by atoms with van der Waals surface area (Å²) in [5, 5.41) is 10.8. The number of rotatable bonds is 8. The van der Waals surface area contributed by atoms with Gasteiger partial charge in [-0.3, -0.25) is 14.5 Å². The Labute approximate surface area is 302 Å². The molecule has 3 N–H and O–H groups in total. The van der Waals surface area contributed by atoms with E-state index in [-0.39, 0.29) is 23.6 Å². The van der Waals surface area contributed by atoms with Crippen molar-refractivity contribution in [3.8, 4) is 22.9 Å². The van der Waals surface area contributed by atoms with Crippen LogP contribution in [0, 0.1) is 5.92 Å². The molecule has 0 radical (unpaired) electrons. The number of aromatic nitrogens is 1. The van der Waals surface area contributed by atoms with E-state index in [4.69, 9.17) is 15.2 Å². The monoisotopic (exact) mass is 692 g/mol. The first-order valence-corrected chi connectivity index (χ1v) is 17.7. The van der Waals surface area contributed by atoms with Crippen LogP contribution in [0.1, 0.15) is 52.1 Å². The zero-order valence-corrected chi connectivity index (χ0v) is 29.1. The molecule has 1 aromatic heterocycles. The van der Waals surface area contributed by atoms with Crippen LogP contribution in [-0.4, -0.2) is 45.3 Å². The molecule has 0 saturated heterocycles. The van der Waals surface area contributed by atoms with E-state index in [2.05, 4.69) is 26.0 Å². The fraction of sp³-hybridized carbons (Fsp3) is 0.209. The molecule has 2 atom stereocenters. The van der Waals surface area contributed by atoms with Crippen molar-refractivity contribution in [3.63, 3.8) is 0 Å². The Morgan fingerprint density at radius 3 is 2.21 bits per heavy atom. The molecule has 0 saturated carbocycles. The van der Waals surface area contributed by atoms with Gasteiger partial charge in [0.05, 0.1) is 22.3 Å². The van der Waals surface area contributed by atoms with Gasteiger partial charge in [0.1, 0.15) is 5.75 Å². The van der Waals surface area contributed by atoms with Crippen molar-refractivity contribution < 1.29 is 24.2 Å². The van der Waals surface area contributed by atoms with E-state index in [0.717, 1.165) is 11.1 Å². The molecule has 9 nitrogen and oxygen atoms in total. The van der Waals surface area contributed by atoms with E-state index in [1.807, 2.05) is 82.3 Å². The molecule has 0 aliphatic carbocycles. The molecule has 0 bridgehead atoms. The topological polar surface area (TPSA) is 110 Å². The maximum absolute atomic E-state index is 14.9. The van der Waals surface area contributed by atoms with Gasteiger partial charge in [-0.1, -0.05) is 74.5 Å². The first-order chi connectivity index (χ1) is 25.3. The number of hydrogen-bond acceptors (Lipinski definition) is 6. The van der Waals surface area contributed by atoms with Gasteiger partial charge in [0.2, 0.25) is 6.29 Å². The third-order valence-corrected chi connectivity index (χ3v) is 9.89. The molecule has 1 unspecified atom stereocenters. The maximum Gasteiger partial charge on any atom is 0.265 e. The Balaban J connectivity index is 1.28. The van der Waals surface area contributed by atoms with Gasteiger partial charge in [-0.15, -0.1) is 0 Å². The highest BCUT2D eigenvalue weighted by atomic mass is 16.7. The largest absolute Gasteiger partial charge is 0.508 e. The summed E-state index contributed by atoms with van der Waals surface area (Å²) in [6.07, 6.45) is 2.67. The molecule has 2 aliphatic rings. The van der Waals surface area contributed by atoms with Crippen molar-refractivity contribution in [2.75, 3.05) is 11.4 Å². The highest BCUT2D eigenvalue weighted by Crippen LogP contribution is 2.42. The van der Waals surface area contributed by atoms with Crippen LogP contribution in [0.3, 0.4) is 0 Å². The van der Waals surface area contributed by atoms with Crippen molar-refractivity contribution in [3.05, 3.63) is 144 Å². The lowest BCUT2D eigenvalue weighted by atomic mass is 9.93. The number of nitrogens with two attached hydrogens (primary N) is 1. The highest BCUT2D eigenvalue weighted by Gasteiger charge is 2.35. The first kappa shape index (κ1) is 33.1. The Hall–Kier alpha value is -6.06. The molecule has 52 heavy (non-hydrogen) atoms. The fourth-order valence-electron chi connectivity index (χ4n) is 7.32. The second-order valence-electron chi connectivity index (χ2n) is 13.8. The molecule has 2 aliphatic heterocycles. The molecule has 0 spiro atoms. The number of nitrogens with zero attached hydrogens (tertiary/aromatic N) is 3. The number of para-hydroxylation sites is 2. The molecular formula is C43H40N4O5. The van der Waals surface area contributed by atoms with E-state index < -0.39 is 6.29 Å². The van der Waals surface area contributed by atoms with Crippen LogP contribution in [0.25, 0.3) is 16.6 Å². The van der Waals surface area contributed by atoms with Crippen LogP contribution in [-0.2, 0) is 13.0 Å². The Morgan fingerprint density at radius 2 is 1.48 bits per heavy atom. The second-order valence-corrected chi connectivity index (χ2v) is 13.8. The Morgan fingerprint density at radius 1 is 0.827 bits per heavy atom. The van der Waals surface area contributed by atoms with E-state index in [0.29, 0.717) is 76.9 Å². The lowest BCUT2D eigenvalue weighted by Crippen LogP contribution is -2.48. The van der Waals surface area contributed by atoms with E-state index in [1.54, 1.807) is 41.4 Å². The quantitative estimate of drug-likeness (QED) is 0.167. The predicted molar refractivity (Wildman–Crippen MR) is 202 cm³/mol. The van der Waals surface area contributed by atoms with Gasteiger partial charge in [-0.2, -0.15) is 0 Å². The van der Waals surface area contributed by atoms with Crippen LogP contribution < -0.4 is 20.1 Å². The minimum atomic E-state index is -0.477. The molecule has 262 valence electrons. The van der Waals surface area contributed by atoms with E-state index >= 15 is 0 Å². The van der Waals surface area contributed by atoms with Gasteiger partial charge >= 0.3 is 0 Å². The number of aromatic hydroxyl groups is 1. The molecule has 3 heterocycles. The molecular weight excluding hydrogens is 652 g/mol. The number of ether oxygens (including phenoxy) is 2. The number of phenols is 1. The van der Waals surface area contributed by atoms with Crippen molar-refractivity contribution >= 4 is 34.1 Å². The first-order valence-electron chi connectivity index (χ1n) is 17.7. The van der Waals surface area contributed by atoms with Crippen LogP contribution in [0.5, 0.6) is 17.2 Å². The number of benzene rings is 5. The smallest absolute Gasteiger partial charge is 0.265 e. The summed E-state index contributed by atoms with van der Waals surface area (Å²) >= 11 is 0. The zero-order chi connectivity index (χ0) is 35.9. The standard InChI is InChI=1S/C43H40N4O5/c1-27(2)20-41-51-39-22-35(42(49)45-25-29-11-7-6-10-28(29)21-32(45)24-44)38(23-40(39)52-41)46-26-36(34-14-8-9-15-37(34)46)43(50)47(30-12-4-3-5-13-30)31-16-18-33(48)19-17-31/h3-19,22-23,26-27,32,41,48H,20-21,24-25,44H2,1-2H3/t32-,41?/m0/s1. The van der Waals surface area contributed by atoms with Gasteiger partial charge in [0.25, 0.3) is 11.8 Å². The average Bonchev–Trinajstić information content (AvgIpc) is 3.75. The molecule has 5 aromatic carbocycles. The summed E-state index contributed by atoms with van der Waals surface area (Å²) < 4.78 is 14.5. The van der Waals surface area contributed by atoms with E-state index in [1.165, 1.54) is 5.56 Å². The fourth-order valence-corrected chi connectivity index (χ4v) is 7.32. The van der Waals surface area contributed by atoms with Gasteiger partial charge in [-0.25, -0.2) is 0 Å². The normalized spacial score (nSPS) is 16.3. The minimum Gasteiger partial charge on any atom is -0.508 e. The summed E-state index contributed by atoms with van der Waals surface area (Å²) in [4.78, 5) is 33.2. The SMILES string of the molecule is CC(C)CC1Oc2cc(C(=O)N3Cc4ccccc4C[C@H]3CN)c(-n3cc(C(=O)N(c4ccccc4)c4ccc(O)cc4)c4ccccc43)cc2O1. The molecule has 2 amide bonds. The van der Waals surface area contributed by atoms with Gasteiger partial charge in [0, 0.05) is 54.6 Å². The Bertz CT molecular complexity index is 2280. The number of carbonyl (C=O) groups is 2. The van der Waals surface area contributed by atoms with Crippen LogP contribution in [0.15, 0.2) is 121 Å². The Kier molecular flexibility index (Phi) is 8.64. The molecule has 8 rings (SSSR count). The van der Waals surface area contributed by atoms with Crippen LogP contribution >= 0.6 is 0 Å². The summed E-state index contributed by atoms with van der Waals surface area (Å²) in [5.41, 5.74) is 12.0. The predicted octanol–water partition coefficient (Wildman–Crippen LogP) is 7.98. The third kappa shape index (κ3) is 6.03. The number of phenolic OH excluding ortho intramolecular Hbond substituents is 1. The second kappa shape index (κ2) is 13.6. The lowest BCUT2D eigenvalue weighted by Gasteiger charge is -2.37. The van der Waals surface area contributed by atoms with Gasteiger partial charge in [-0.05, 0) is 72.0 Å². The highest BCUT2D eigenvalue weighted by molar-refractivity contribution is 6.17. The summed E-state index contributed by atoms with van der Waals surface area (Å²) in [6.45, 7) is 4.96. The lowest BCUT2D eigenvalue weighted by molar-refractivity contribution is 0.0310. The molecule has 6 aromatic rings. The zero-order valence-electron chi connectivity index (χ0n) is 29.1. The van der Waals surface area contributed by atoms with Crippen LogP contribution in [0.4, 0.5) is 11.4 Å². The number of anilines is 2. The van der Waals surface area contributed by atoms with Crippen molar-refractivity contribution in [2.45, 2.75) is 45.6 Å². The van der Waals surface area contributed by atoms with E-state index in [9.17, 15) is 14.7 Å². The van der Waals surface area contributed by atoms with Crippen molar-refractivity contribution in [2.24, 2.45) is 11.7 Å². The number of fused-ring (bicyclic) bond motifs is 3. The van der Waals surface area contributed by atoms with Gasteiger partial charge in [0.15, 0.2) is 11.5 Å². The number of hydrogen-bond donors (Lipinski definition) is 2. The van der Waals surface area contributed by atoms with Crippen molar-refractivity contribution in [1.29, 1.82) is 0 Å². The van der Waals surface area contributed by atoms with Crippen LogP contribution in [0.2, 0.25) is 0 Å². The molecule has 0 fully saturated rings. The number of carbonyl (C=O) groups excluding carboxylic acids is 2. The van der Waals surface area contributed by atoms with Gasteiger partial charge < -0.3 is 29.8 Å². The number of amides is 2. The summed E-state index contributed by atoms with van der Waals surface area (Å²) in [5.74, 6) is 1.03. The minimum absolute atomic E-state index is 0.102. The van der Waals surface area contributed by atoms with Crippen molar-refractivity contribution in [1.82, 2.24) is 9.47 Å². The maximum atomic E-state index is 14.9. The summed E-state index contributed by atoms with van der Waals surface area (Å²) in [7, 11) is 0. The average molecular weight is 693 g/mol. The third-order valence-electron chi connectivity index (χ3n) is 9.89. The summed E-state index contributed by atoms with van der Waals surface area (Å²) in [6, 6.07) is 35.2.